The molecule has 1 aliphatic heterocycles. The molecule has 1 fully saturated rings. The van der Waals surface area contributed by atoms with Crippen molar-refractivity contribution >= 4 is 5.84 Å². The van der Waals surface area contributed by atoms with Crippen LogP contribution in [0, 0.1) is 0 Å². The van der Waals surface area contributed by atoms with Crippen LogP contribution in [0.4, 0.5) is 0 Å². The van der Waals surface area contributed by atoms with Gasteiger partial charge in [0.2, 0.25) is 0 Å². The van der Waals surface area contributed by atoms with Crippen LogP contribution in [0.5, 0.6) is 0 Å². The molecule has 0 aliphatic carbocycles. The first kappa shape index (κ1) is 15.8. The lowest BCUT2D eigenvalue weighted by Gasteiger charge is -2.37. The highest BCUT2D eigenvalue weighted by Gasteiger charge is 2.27. The van der Waals surface area contributed by atoms with E-state index in [-0.39, 0.29) is 11.9 Å². The minimum atomic E-state index is 0.157. The predicted octanol–water partition coefficient (Wildman–Crippen LogP) is 2.37. The number of hydrogen-bond acceptors (Lipinski definition) is 4. The van der Waals surface area contributed by atoms with Crippen molar-refractivity contribution < 1.29 is 9.94 Å². The van der Waals surface area contributed by atoms with E-state index in [2.05, 4.69) is 22.2 Å². The highest BCUT2D eigenvalue weighted by molar-refractivity contribution is 5.80. The van der Waals surface area contributed by atoms with Crippen LogP contribution in [0.15, 0.2) is 35.5 Å². The van der Waals surface area contributed by atoms with Crippen LogP contribution < -0.4 is 5.73 Å². The molecule has 2 rings (SSSR count). The van der Waals surface area contributed by atoms with E-state index in [0.717, 1.165) is 32.5 Å². The Hall–Kier alpha value is -1.59. The molecule has 0 aromatic heterocycles. The van der Waals surface area contributed by atoms with E-state index >= 15 is 0 Å². The van der Waals surface area contributed by atoms with Crippen LogP contribution in [0.3, 0.4) is 0 Å². The van der Waals surface area contributed by atoms with E-state index in [0.29, 0.717) is 12.5 Å². The molecule has 1 heterocycles. The van der Waals surface area contributed by atoms with Gasteiger partial charge in [-0.15, -0.1) is 0 Å². The third kappa shape index (κ3) is 4.44. The Kier molecular flexibility index (Phi) is 6.02. The Morgan fingerprint density at radius 1 is 1.38 bits per heavy atom. The number of rotatable bonds is 6. The van der Waals surface area contributed by atoms with E-state index in [1.54, 1.807) is 0 Å². The van der Waals surface area contributed by atoms with Crippen LogP contribution in [0.2, 0.25) is 0 Å². The van der Waals surface area contributed by atoms with Gasteiger partial charge in [0.15, 0.2) is 0 Å². The van der Waals surface area contributed by atoms with Crippen LogP contribution >= 0.6 is 0 Å². The summed E-state index contributed by atoms with van der Waals surface area (Å²) in [6, 6.07) is 10.4. The predicted molar refractivity (Wildman–Crippen MR) is 83.4 cm³/mol. The van der Waals surface area contributed by atoms with E-state index in [9.17, 15) is 0 Å². The minimum Gasteiger partial charge on any atom is -0.409 e. The normalized spacial score (nSPS) is 19.6. The van der Waals surface area contributed by atoms with E-state index in [1.807, 2.05) is 25.1 Å². The monoisotopic (exact) mass is 291 g/mol. The lowest BCUT2D eigenvalue weighted by Crippen LogP contribution is -2.40. The molecule has 1 aliphatic rings. The van der Waals surface area contributed by atoms with E-state index in [1.165, 1.54) is 5.56 Å². The first-order valence-electron chi connectivity index (χ1n) is 7.61. The van der Waals surface area contributed by atoms with Gasteiger partial charge in [0, 0.05) is 32.2 Å². The summed E-state index contributed by atoms with van der Waals surface area (Å²) >= 11 is 0. The third-order valence-electron chi connectivity index (χ3n) is 4.03. The summed E-state index contributed by atoms with van der Waals surface area (Å²) in [6.45, 7) is 4.76. The lowest BCUT2D eigenvalue weighted by molar-refractivity contribution is 0.00424. The van der Waals surface area contributed by atoms with Gasteiger partial charge < -0.3 is 15.7 Å². The first-order chi connectivity index (χ1) is 10.2. The van der Waals surface area contributed by atoms with Crippen molar-refractivity contribution in [2.45, 2.75) is 38.3 Å². The average Bonchev–Trinajstić information content (AvgIpc) is 2.54. The van der Waals surface area contributed by atoms with Crippen molar-refractivity contribution in [1.29, 1.82) is 0 Å². The summed E-state index contributed by atoms with van der Waals surface area (Å²) in [6.07, 6.45) is 2.98. The van der Waals surface area contributed by atoms with Crippen LogP contribution in [-0.4, -0.2) is 41.7 Å². The van der Waals surface area contributed by atoms with E-state index < -0.39 is 0 Å². The quantitative estimate of drug-likeness (QED) is 0.365. The zero-order valence-electron chi connectivity index (χ0n) is 12.6. The maximum atomic E-state index is 8.87. The number of amidine groups is 1. The smallest absolute Gasteiger partial charge is 0.141 e. The number of benzene rings is 1. The summed E-state index contributed by atoms with van der Waals surface area (Å²) < 4.78 is 5.70. The Morgan fingerprint density at radius 2 is 2.05 bits per heavy atom. The molecular formula is C16H25N3O2. The highest BCUT2D eigenvalue weighted by atomic mass is 16.5. The number of nitrogens with two attached hydrogens (primary N) is 1. The lowest BCUT2D eigenvalue weighted by atomic mass is 9.97. The number of hydrogen-bond donors (Lipinski definition) is 2. The van der Waals surface area contributed by atoms with Gasteiger partial charge in [0.1, 0.15) is 5.84 Å². The molecule has 116 valence electrons. The zero-order valence-corrected chi connectivity index (χ0v) is 12.6. The molecule has 0 amide bonds. The number of oxime groups is 1. The van der Waals surface area contributed by atoms with Gasteiger partial charge in [-0.1, -0.05) is 35.5 Å². The summed E-state index contributed by atoms with van der Waals surface area (Å²) in [5, 5.41) is 12.0. The second kappa shape index (κ2) is 8.00. The summed E-state index contributed by atoms with van der Waals surface area (Å²) in [5.74, 6) is 0.274. The molecule has 0 saturated carbocycles. The molecule has 1 aromatic carbocycles. The van der Waals surface area contributed by atoms with Crippen molar-refractivity contribution in [3.05, 3.63) is 35.9 Å². The average molecular weight is 291 g/mol. The standard InChI is InChI=1S/C16H25N3O2/c1-2-21-14-8-10-19(11-9-14)15(12-16(17)18-20)13-6-4-3-5-7-13/h3-7,14-15,20H,2,8-12H2,1H3,(H2,17,18). The molecule has 1 atom stereocenters. The maximum absolute atomic E-state index is 8.87. The van der Waals surface area contributed by atoms with Crippen molar-refractivity contribution in [2.24, 2.45) is 10.9 Å². The molecule has 5 nitrogen and oxygen atoms in total. The molecule has 0 bridgehead atoms. The van der Waals surface area contributed by atoms with Crippen molar-refractivity contribution in [2.75, 3.05) is 19.7 Å². The van der Waals surface area contributed by atoms with Gasteiger partial charge >= 0.3 is 0 Å². The molecule has 0 spiro atoms. The van der Waals surface area contributed by atoms with Crippen LogP contribution in [-0.2, 0) is 4.74 Å². The largest absolute Gasteiger partial charge is 0.409 e. The molecule has 1 unspecified atom stereocenters. The fraction of sp³-hybridized carbons (Fsp3) is 0.562. The number of nitrogens with zero attached hydrogens (tertiary/aromatic N) is 2. The topological polar surface area (TPSA) is 71.1 Å². The summed E-state index contributed by atoms with van der Waals surface area (Å²) in [5.41, 5.74) is 6.95. The summed E-state index contributed by atoms with van der Waals surface area (Å²) in [7, 11) is 0. The molecular weight excluding hydrogens is 266 g/mol. The van der Waals surface area contributed by atoms with Gasteiger partial charge in [-0.25, -0.2) is 0 Å². The van der Waals surface area contributed by atoms with Gasteiger partial charge in [0.25, 0.3) is 0 Å². The zero-order chi connectivity index (χ0) is 15.1. The van der Waals surface area contributed by atoms with Gasteiger partial charge in [-0.05, 0) is 25.3 Å². The van der Waals surface area contributed by atoms with Crippen molar-refractivity contribution in [1.82, 2.24) is 4.90 Å². The van der Waals surface area contributed by atoms with Crippen molar-refractivity contribution in [3.63, 3.8) is 0 Å². The molecule has 1 saturated heterocycles. The first-order valence-corrected chi connectivity index (χ1v) is 7.61. The molecule has 5 heteroatoms. The fourth-order valence-corrected chi connectivity index (χ4v) is 2.96. The summed E-state index contributed by atoms with van der Waals surface area (Å²) in [4.78, 5) is 2.41. The fourth-order valence-electron chi connectivity index (χ4n) is 2.96. The maximum Gasteiger partial charge on any atom is 0.141 e. The highest BCUT2D eigenvalue weighted by Crippen LogP contribution is 2.28. The van der Waals surface area contributed by atoms with Gasteiger partial charge in [-0.3, -0.25) is 4.90 Å². The third-order valence-corrected chi connectivity index (χ3v) is 4.03. The van der Waals surface area contributed by atoms with E-state index in [4.69, 9.17) is 15.7 Å². The number of piperidine rings is 1. The van der Waals surface area contributed by atoms with Gasteiger partial charge in [-0.2, -0.15) is 0 Å². The Bertz CT molecular complexity index is 442. The minimum absolute atomic E-state index is 0.157. The van der Waals surface area contributed by atoms with Crippen LogP contribution in [0.25, 0.3) is 0 Å². The Balaban J connectivity index is 2.06. The van der Waals surface area contributed by atoms with Gasteiger partial charge in [0.05, 0.1) is 6.10 Å². The molecule has 1 aromatic rings. The van der Waals surface area contributed by atoms with Crippen molar-refractivity contribution in [3.8, 4) is 0 Å². The SMILES string of the molecule is CCOC1CCN(C(CC(N)=NO)c2ccccc2)CC1. The molecule has 0 radical (unpaired) electrons. The second-order valence-electron chi connectivity index (χ2n) is 5.41. The number of ether oxygens (including phenoxy) is 1. The second-order valence-corrected chi connectivity index (χ2v) is 5.41. The number of likely N-dealkylation sites (tertiary alicyclic amines) is 1. The molecule has 3 N–H and O–H groups in total. The Labute approximate surface area is 126 Å². The Morgan fingerprint density at radius 3 is 2.62 bits per heavy atom. The molecule has 21 heavy (non-hydrogen) atoms. The van der Waals surface area contributed by atoms with Crippen LogP contribution in [0.1, 0.15) is 37.8 Å².